The summed E-state index contributed by atoms with van der Waals surface area (Å²) in [6.45, 7) is 1.22. The molecule has 10 heteroatoms. The van der Waals surface area contributed by atoms with Crippen molar-refractivity contribution in [2.75, 3.05) is 38.8 Å². The summed E-state index contributed by atoms with van der Waals surface area (Å²) in [6.07, 6.45) is 0.0813. The number of nitrogens with one attached hydrogen (secondary N) is 1. The van der Waals surface area contributed by atoms with E-state index in [9.17, 15) is 18.0 Å². The predicted octanol–water partition coefficient (Wildman–Crippen LogP) is 1.38. The first-order chi connectivity index (χ1) is 15.3. The van der Waals surface area contributed by atoms with Gasteiger partial charge >= 0.3 is 0 Å². The van der Waals surface area contributed by atoms with Crippen molar-refractivity contribution in [3.63, 3.8) is 0 Å². The largest absolute Gasteiger partial charge is 0.486 e. The Morgan fingerprint density at radius 3 is 2.59 bits per heavy atom. The maximum absolute atomic E-state index is 12.8. The molecule has 2 amide bonds. The lowest BCUT2D eigenvalue weighted by Gasteiger charge is -2.22. The molecular formula is C22H25N3O6S. The molecule has 2 heterocycles. The van der Waals surface area contributed by atoms with Crippen molar-refractivity contribution in [3.8, 4) is 11.5 Å². The third-order valence-corrected chi connectivity index (χ3v) is 7.43. The molecule has 2 aliphatic rings. The standard InChI is InChI=1S/C22H25N3O6S/c1-24(2)32(28,29)20-6-4-3-5-15(20)13-23-22(27)16-11-21(26)25(14-16)17-7-8-18-19(12-17)31-10-9-30-18/h3-8,12,16H,9-11,13-14H2,1-2H3,(H,23,27). The SMILES string of the molecule is CN(C)S(=O)(=O)c1ccccc1CNC(=O)C1CC(=O)N(c2ccc3c(c2)OCCO3)C1. The van der Waals surface area contributed by atoms with Gasteiger partial charge in [0.25, 0.3) is 0 Å². The normalized spacial score (nSPS) is 18.2. The lowest BCUT2D eigenvalue weighted by molar-refractivity contribution is -0.126. The topological polar surface area (TPSA) is 105 Å². The van der Waals surface area contributed by atoms with E-state index in [1.165, 1.54) is 20.2 Å². The molecule has 0 aromatic heterocycles. The second-order valence-electron chi connectivity index (χ2n) is 7.85. The maximum atomic E-state index is 12.8. The lowest BCUT2D eigenvalue weighted by Crippen LogP contribution is -2.33. The van der Waals surface area contributed by atoms with Gasteiger partial charge in [-0.05, 0) is 23.8 Å². The minimum absolute atomic E-state index is 0.0524. The Hall–Kier alpha value is -3.11. The van der Waals surface area contributed by atoms with Gasteiger partial charge in [-0.15, -0.1) is 0 Å². The number of benzene rings is 2. The molecule has 0 saturated carbocycles. The molecule has 1 unspecified atom stereocenters. The number of carbonyl (C=O) groups is 2. The van der Waals surface area contributed by atoms with E-state index < -0.39 is 15.9 Å². The van der Waals surface area contributed by atoms with Crippen LogP contribution in [0.15, 0.2) is 47.4 Å². The molecule has 1 atom stereocenters. The van der Waals surface area contributed by atoms with Gasteiger partial charge in [-0.25, -0.2) is 12.7 Å². The van der Waals surface area contributed by atoms with Gasteiger partial charge in [-0.1, -0.05) is 18.2 Å². The number of sulfonamides is 1. The molecule has 1 fully saturated rings. The first kappa shape index (κ1) is 22.1. The number of hydrogen-bond donors (Lipinski definition) is 1. The highest BCUT2D eigenvalue weighted by Crippen LogP contribution is 2.36. The number of nitrogens with zero attached hydrogens (tertiary/aromatic N) is 2. The second kappa shape index (κ2) is 8.79. The first-order valence-electron chi connectivity index (χ1n) is 10.3. The van der Waals surface area contributed by atoms with Crippen LogP contribution in [0.2, 0.25) is 0 Å². The summed E-state index contributed by atoms with van der Waals surface area (Å²) in [5, 5.41) is 2.79. The van der Waals surface area contributed by atoms with E-state index in [0.29, 0.717) is 36.0 Å². The zero-order valence-electron chi connectivity index (χ0n) is 17.9. The van der Waals surface area contributed by atoms with Crippen LogP contribution < -0.4 is 19.7 Å². The molecule has 0 bridgehead atoms. The highest BCUT2D eigenvalue weighted by Gasteiger charge is 2.35. The molecule has 2 aliphatic heterocycles. The Balaban J connectivity index is 1.43. The van der Waals surface area contributed by atoms with Crippen LogP contribution in [-0.2, 0) is 26.2 Å². The summed E-state index contributed by atoms with van der Waals surface area (Å²) in [4.78, 5) is 27.1. The minimum Gasteiger partial charge on any atom is -0.486 e. The Bertz CT molecular complexity index is 1150. The number of amides is 2. The van der Waals surface area contributed by atoms with Gasteiger partial charge in [0.05, 0.1) is 10.8 Å². The Labute approximate surface area is 187 Å². The quantitative estimate of drug-likeness (QED) is 0.700. The summed E-state index contributed by atoms with van der Waals surface area (Å²) in [5.41, 5.74) is 1.14. The zero-order chi connectivity index (χ0) is 22.9. The van der Waals surface area contributed by atoms with E-state index in [4.69, 9.17) is 9.47 Å². The number of fused-ring (bicyclic) bond motifs is 1. The van der Waals surface area contributed by atoms with E-state index in [1.54, 1.807) is 41.3 Å². The average Bonchev–Trinajstić information content (AvgIpc) is 3.19. The van der Waals surface area contributed by atoms with Gasteiger partial charge in [0.15, 0.2) is 11.5 Å². The van der Waals surface area contributed by atoms with Crippen molar-refractivity contribution in [1.82, 2.24) is 9.62 Å². The zero-order valence-corrected chi connectivity index (χ0v) is 18.7. The number of anilines is 1. The van der Waals surface area contributed by atoms with Gasteiger partial charge in [0.1, 0.15) is 13.2 Å². The second-order valence-corrected chi connectivity index (χ2v) is 9.97. The predicted molar refractivity (Wildman–Crippen MR) is 117 cm³/mol. The fraction of sp³-hybridized carbons (Fsp3) is 0.364. The maximum Gasteiger partial charge on any atom is 0.242 e. The van der Waals surface area contributed by atoms with Crippen LogP contribution >= 0.6 is 0 Å². The Morgan fingerprint density at radius 1 is 1.12 bits per heavy atom. The molecule has 2 aromatic carbocycles. The van der Waals surface area contributed by atoms with Gasteiger partial charge in [0, 0.05) is 45.4 Å². The average molecular weight is 460 g/mol. The van der Waals surface area contributed by atoms with Gasteiger partial charge in [-0.3, -0.25) is 9.59 Å². The van der Waals surface area contributed by atoms with Crippen molar-refractivity contribution in [2.45, 2.75) is 17.9 Å². The van der Waals surface area contributed by atoms with E-state index in [0.717, 1.165) is 4.31 Å². The number of rotatable bonds is 6. The van der Waals surface area contributed by atoms with Crippen LogP contribution in [-0.4, -0.2) is 58.4 Å². The van der Waals surface area contributed by atoms with Crippen LogP contribution in [0.5, 0.6) is 11.5 Å². The number of carbonyl (C=O) groups excluding carboxylic acids is 2. The Morgan fingerprint density at radius 2 is 1.84 bits per heavy atom. The number of ether oxygens (including phenoxy) is 2. The Kier molecular flexibility index (Phi) is 6.07. The first-order valence-corrected chi connectivity index (χ1v) is 11.7. The van der Waals surface area contributed by atoms with Gasteiger partial charge < -0.3 is 19.7 Å². The number of hydrogen-bond acceptors (Lipinski definition) is 6. The highest BCUT2D eigenvalue weighted by molar-refractivity contribution is 7.89. The summed E-state index contributed by atoms with van der Waals surface area (Å²) in [5.74, 6) is 0.224. The van der Waals surface area contributed by atoms with E-state index in [2.05, 4.69) is 5.32 Å². The summed E-state index contributed by atoms with van der Waals surface area (Å²) in [6, 6.07) is 11.8. The van der Waals surface area contributed by atoms with Crippen LogP contribution in [0.3, 0.4) is 0 Å². The molecular weight excluding hydrogens is 434 g/mol. The van der Waals surface area contributed by atoms with Crippen molar-refractivity contribution < 1.29 is 27.5 Å². The van der Waals surface area contributed by atoms with E-state index in [1.807, 2.05) is 0 Å². The van der Waals surface area contributed by atoms with Crippen molar-refractivity contribution in [3.05, 3.63) is 48.0 Å². The fourth-order valence-corrected chi connectivity index (χ4v) is 4.87. The van der Waals surface area contributed by atoms with Crippen molar-refractivity contribution in [2.24, 2.45) is 5.92 Å². The smallest absolute Gasteiger partial charge is 0.242 e. The highest BCUT2D eigenvalue weighted by atomic mass is 32.2. The van der Waals surface area contributed by atoms with E-state index >= 15 is 0 Å². The molecule has 0 aliphatic carbocycles. The van der Waals surface area contributed by atoms with E-state index in [-0.39, 0.29) is 36.2 Å². The molecule has 4 rings (SSSR count). The van der Waals surface area contributed by atoms with Crippen LogP contribution in [0, 0.1) is 5.92 Å². The molecule has 2 aromatic rings. The molecule has 170 valence electrons. The van der Waals surface area contributed by atoms with Crippen LogP contribution in [0.4, 0.5) is 5.69 Å². The molecule has 1 N–H and O–H groups in total. The molecule has 32 heavy (non-hydrogen) atoms. The van der Waals surface area contributed by atoms with Crippen molar-refractivity contribution in [1.29, 1.82) is 0 Å². The molecule has 0 radical (unpaired) electrons. The van der Waals surface area contributed by atoms with Crippen LogP contribution in [0.25, 0.3) is 0 Å². The minimum atomic E-state index is -3.64. The monoisotopic (exact) mass is 459 g/mol. The summed E-state index contributed by atoms with van der Waals surface area (Å²) >= 11 is 0. The molecule has 1 saturated heterocycles. The van der Waals surface area contributed by atoms with Gasteiger partial charge in [0.2, 0.25) is 21.8 Å². The van der Waals surface area contributed by atoms with Crippen LogP contribution in [0.1, 0.15) is 12.0 Å². The van der Waals surface area contributed by atoms with Crippen molar-refractivity contribution >= 4 is 27.5 Å². The third-order valence-electron chi connectivity index (χ3n) is 5.52. The van der Waals surface area contributed by atoms with Gasteiger partial charge in [-0.2, -0.15) is 0 Å². The summed E-state index contributed by atoms with van der Waals surface area (Å²) in [7, 11) is -0.719. The third kappa shape index (κ3) is 4.28. The lowest BCUT2D eigenvalue weighted by atomic mass is 10.1. The molecule has 0 spiro atoms. The molecule has 9 nitrogen and oxygen atoms in total. The summed E-state index contributed by atoms with van der Waals surface area (Å²) < 4.78 is 37.3. The fourth-order valence-electron chi connectivity index (χ4n) is 3.76.